The van der Waals surface area contributed by atoms with Crippen LogP contribution < -0.4 is 16.0 Å². The fraction of sp³-hybridized carbons (Fsp3) is 0.121. The Balaban J connectivity index is 1.28. The number of aromatic nitrogens is 9. The molecule has 4 aromatic carbocycles. The van der Waals surface area contributed by atoms with Gasteiger partial charge in [-0.2, -0.15) is 61.7 Å². The zero-order chi connectivity index (χ0) is 47.2. The van der Waals surface area contributed by atoms with E-state index >= 15 is 0 Å². The first kappa shape index (κ1) is 49.1. The molecular weight excluding hydrogens is 1050 g/mol. The van der Waals surface area contributed by atoms with Gasteiger partial charge in [-0.15, -0.1) is 14.6 Å². The van der Waals surface area contributed by atoms with Gasteiger partial charge in [-0.1, -0.05) is 58.9 Å². The average Bonchev–Trinajstić information content (AvgIpc) is 3.24. The molecular formula is C33H24Cl4N14O10S5. The second-order valence-corrected chi connectivity index (χ2v) is 19.4. The molecule has 0 radical (unpaired) electrons. The van der Waals surface area contributed by atoms with Gasteiger partial charge in [-0.25, -0.2) is 5.26 Å². The van der Waals surface area contributed by atoms with Crippen molar-refractivity contribution in [2.24, 2.45) is 10.2 Å². The molecule has 344 valence electrons. The molecule has 0 amide bonds. The molecule has 7 aromatic rings. The smallest absolute Gasteiger partial charge is 0.297 e. The number of halogens is 4. The van der Waals surface area contributed by atoms with Crippen LogP contribution in [-0.4, -0.2) is 106 Å². The topological polar surface area (TPSA) is 344 Å². The number of nitrogens with zero attached hydrogens (tertiary/aromatic N) is 11. The number of anilines is 4. The van der Waals surface area contributed by atoms with Gasteiger partial charge in [0, 0.05) is 35.4 Å². The van der Waals surface area contributed by atoms with E-state index in [0.717, 1.165) is 35.7 Å². The number of thioether (sulfide) groups is 2. The van der Waals surface area contributed by atoms with E-state index in [-0.39, 0.29) is 107 Å². The van der Waals surface area contributed by atoms with Crippen LogP contribution in [0.5, 0.6) is 5.75 Å². The molecule has 0 spiro atoms. The number of benzene rings is 4. The summed E-state index contributed by atoms with van der Waals surface area (Å²) in [6.45, 7) is 0.504. The highest BCUT2D eigenvalue weighted by Gasteiger charge is 2.24. The SMILES string of the molecule is O=S(=O)(O)c1cc(Nc2nc(SCCNc3nc(Cl)nc(Cl)n3)nc(SCCNc3nc(Cl)nc(Cl)n3)n2)c2c(O)c(N=Nc3ccc4ccccc4c3S(=O)(=O)O)c(SOOO)cc2c1. The van der Waals surface area contributed by atoms with E-state index in [1.165, 1.54) is 24.3 Å². The number of rotatable bonds is 19. The molecule has 0 aliphatic rings. The van der Waals surface area contributed by atoms with Gasteiger partial charge in [-0.3, -0.25) is 9.11 Å². The largest absolute Gasteiger partial charge is 0.505 e. The van der Waals surface area contributed by atoms with Crippen molar-refractivity contribution in [3.63, 3.8) is 0 Å². The Morgan fingerprint density at radius 3 is 1.82 bits per heavy atom. The Morgan fingerprint density at radius 1 is 0.667 bits per heavy atom. The van der Waals surface area contributed by atoms with Crippen LogP contribution in [0.3, 0.4) is 0 Å². The van der Waals surface area contributed by atoms with Crippen LogP contribution in [0.25, 0.3) is 21.5 Å². The van der Waals surface area contributed by atoms with Gasteiger partial charge in [0.1, 0.15) is 16.3 Å². The third-order valence-corrected chi connectivity index (χ3v) is 13.0. The zero-order valence-electron chi connectivity index (χ0n) is 32.2. The average molecular weight is 1080 g/mol. The number of phenols is 1. The molecule has 33 heteroatoms. The first-order valence-electron chi connectivity index (χ1n) is 17.7. The van der Waals surface area contributed by atoms with Crippen molar-refractivity contribution in [3.05, 3.63) is 75.7 Å². The number of azo groups is 1. The van der Waals surface area contributed by atoms with Gasteiger partial charge in [0.15, 0.2) is 16.1 Å². The quantitative estimate of drug-likeness (QED) is 0.00760. The Hall–Kier alpha value is -4.86. The molecule has 3 aromatic heterocycles. The Morgan fingerprint density at radius 2 is 1.26 bits per heavy atom. The van der Waals surface area contributed by atoms with E-state index in [1.54, 1.807) is 18.2 Å². The minimum Gasteiger partial charge on any atom is -0.505 e. The summed E-state index contributed by atoms with van der Waals surface area (Å²) in [7, 11) is -9.83. The number of aromatic hydroxyl groups is 1. The number of hydrogen-bond donors (Lipinski definition) is 7. The molecule has 7 rings (SSSR count). The number of nitrogens with one attached hydrogen (secondary N) is 3. The van der Waals surface area contributed by atoms with Gasteiger partial charge in [0.25, 0.3) is 20.2 Å². The highest BCUT2D eigenvalue weighted by Crippen LogP contribution is 2.48. The Bertz CT molecular complexity index is 3130. The van der Waals surface area contributed by atoms with Gasteiger partial charge in [-0.05, 0) is 81.4 Å². The monoisotopic (exact) mass is 1080 g/mol. The molecule has 0 aliphatic heterocycles. The van der Waals surface area contributed by atoms with Crippen molar-refractivity contribution in [3.8, 4) is 5.75 Å². The molecule has 0 aliphatic carbocycles. The number of fused-ring (bicyclic) bond motifs is 2. The molecule has 0 bridgehead atoms. The zero-order valence-corrected chi connectivity index (χ0v) is 39.3. The second-order valence-electron chi connectivity index (χ2n) is 12.4. The molecule has 0 atom stereocenters. The minimum absolute atomic E-state index is 0.0649. The first-order valence-corrected chi connectivity index (χ1v) is 24.8. The van der Waals surface area contributed by atoms with Crippen LogP contribution >= 0.6 is 82.0 Å². The molecule has 24 nitrogen and oxygen atoms in total. The van der Waals surface area contributed by atoms with Crippen molar-refractivity contribution in [2.75, 3.05) is 40.5 Å². The number of phenolic OH excluding ortho intramolecular Hbond substituents is 1. The van der Waals surface area contributed by atoms with Crippen LogP contribution in [-0.2, 0) is 29.6 Å². The lowest BCUT2D eigenvalue weighted by atomic mass is 10.1. The highest BCUT2D eigenvalue weighted by molar-refractivity contribution is 7.99. The summed E-state index contributed by atoms with van der Waals surface area (Å²) < 4.78 is 75.4. The normalized spacial score (nSPS) is 12.0. The highest BCUT2D eigenvalue weighted by atomic mass is 35.5. The van der Waals surface area contributed by atoms with Crippen molar-refractivity contribution < 1.29 is 45.7 Å². The maximum atomic E-state index is 12.6. The predicted molar refractivity (Wildman–Crippen MR) is 245 cm³/mol. The lowest BCUT2D eigenvalue weighted by molar-refractivity contribution is -0.432. The van der Waals surface area contributed by atoms with Crippen LogP contribution in [0, 0.1) is 0 Å². The Labute approximate surface area is 403 Å². The van der Waals surface area contributed by atoms with E-state index in [1.807, 2.05) is 0 Å². The van der Waals surface area contributed by atoms with E-state index in [4.69, 9.17) is 51.7 Å². The molecule has 0 unspecified atom stereocenters. The fourth-order valence-corrected chi connectivity index (χ4v) is 9.71. The minimum atomic E-state index is -4.93. The van der Waals surface area contributed by atoms with Crippen molar-refractivity contribution in [1.82, 2.24) is 44.9 Å². The maximum Gasteiger partial charge on any atom is 0.297 e. The van der Waals surface area contributed by atoms with Crippen LogP contribution in [0.4, 0.5) is 34.9 Å². The molecule has 0 saturated carbocycles. The fourth-order valence-electron chi connectivity index (χ4n) is 5.67. The molecule has 66 heavy (non-hydrogen) atoms. The lowest BCUT2D eigenvalue weighted by Crippen LogP contribution is -2.10. The summed E-state index contributed by atoms with van der Waals surface area (Å²) >= 11 is 26.1. The number of hydrogen-bond acceptors (Lipinski definition) is 25. The van der Waals surface area contributed by atoms with Crippen LogP contribution in [0.2, 0.25) is 21.1 Å². The maximum absolute atomic E-state index is 12.6. The Kier molecular flexibility index (Phi) is 15.9. The summed E-state index contributed by atoms with van der Waals surface area (Å²) in [5.41, 5.74) is -0.965. The summed E-state index contributed by atoms with van der Waals surface area (Å²) in [6, 6.07) is 12.3. The molecule has 3 heterocycles. The van der Waals surface area contributed by atoms with Crippen molar-refractivity contribution in [1.29, 1.82) is 0 Å². The van der Waals surface area contributed by atoms with Crippen molar-refractivity contribution >= 4 is 159 Å². The van der Waals surface area contributed by atoms with Gasteiger partial charge >= 0.3 is 0 Å². The first-order chi connectivity index (χ1) is 31.4. The van der Waals surface area contributed by atoms with Gasteiger partial charge < -0.3 is 21.1 Å². The molecule has 0 fully saturated rings. The van der Waals surface area contributed by atoms with E-state index in [0.29, 0.717) is 16.9 Å². The van der Waals surface area contributed by atoms with E-state index in [2.05, 4.69) is 80.4 Å². The third-order valence-electron chi connectivity index (χ3n) is 8.19. The van der Waals surface area contributed by atoms with Gasteiger partial charge in [0.2, 0.25) is 39.0 Å². The lowest BCUT2D eigenvalue weighted by Gasteiger charge is -2.15. The summed E-state index contributed by atoms with van der Waals surface area (Å²) in [5, 5.41) is 41.8. The van der Waals surface area contributed by atoms with Crippen LogP contribution in [0.1, 0.15) is 0 Å². The third kappa shape index (κ3) is 12.6. The summed E-state index contributed by atoms with van der Waals surface area (Å²) in [6.07, 6.45) is 0. The second kappa shape index (κ2) is 21.4. The summed E-state index contributed by atoms with van der Waals surface area (Å²) in [4.78, 5) is 35.3. The summed E-state index contributed by atoms with van der Waals surface area (Å²) in [5.74, 6) is -0.0515. The van der Waals surface area contributed by atoms with E-state index in [9.17, 15) is 31.0 Å². The molecule has 0 saturated heterocycles. The van der Waals surface area contributed by atoms with Crippen molar-refractivity contribution in [2.45, 2.75) is 25.0 Å². The molecule has 7 N–H and O–H groups in total. The van der Waals surface area contributed by atoms with Crippen LogP contribution in [0.15, 0.2) is 89.8 Å². The standard InChI is InChI=1S/C33H24Cl4N14O10S5/c34-25-41-26(35)44-29(43-25)38-7-9-62-32-47-31(48-33(49-32)63-10-8-39-30-45-27(36)42-28(37)46-30)40-19-13-16(65(54,55)56)11-15-12-20(64-61-60-53)22(23(52)21(15)19)51-50-18-6-5-14-3-1-2-4-17(14)24(18)66(57,58)59/h1-6,11-13,52-53H,7-10H2,(H,54,55,56)(H,57,58,59)(H,38,41,43,44)(H,39,42,45,46)(H,40,47,48,49). The van der Waals surface area contributed by atoms with E-state index < -0.39 is 41.5 Å². The van der Waals surface area contributed by atoms with Gasteiger partial charge in [0.05, 0.1) is 27.5 Å². The predicted octanol–water partition coefficient (Wildman–Crippen LogP) is 8.36.